The highest BCUT2D eigenvalue weighted by atomic mass is 79.9. The molecule has 2 aromatic heterocycles. The third kappa shape index (κ3) is 3.84. The van der Waals surface area contributed by atoms with Crippen molar-refractivity contribution in [2.45, 2.75) is 24.1 Å². The summed E-state index contributed by atoms with van der Waals surface area (Å²) in [5.41, 5.74) is 0.975. The number of rotatable bonds is 6. The summed E-state index contributed by atoms with van der Waals surface area (Å²) >= 11 is 3.66. The molecule has 96 valence electrons. The summed E-state index contributed by atoms with van der Waals surface area (Å²) in [7, 11) is 1.61. The highest BCUT2D eigenvalue weighted by molar-refractivity contribution is 9.09. The number of hydrogen-bond donors (Lipinski definition) is 0. The Morgan fingerprint density at radius 1 is 1.44 bits per heavy atom. The first-order valence-corrected chi connectivity index (χ1v) is 6.71. The minimum Gasteiger partial charge on any atom is -0.481 e. The summed E-state index contributed by atoms with van der Waals surface area (Å²) in [6, 6.07) is 5.77. The third-order valence-corrected chi connectivity index (χ3v) is 3.40. The van der Waals surface area contributed by atoms with Crippen molar-refractivity contribution < 1.29 is 9.15 Å². The zero-order valence-corrected chi connectivity index (χ0v) is 11.8. The molecular weight excluding hydrogens is 296 g/mol. The predicted molar refractivity (Wildman–Crippen MR) is 72.0 cm³/mol. The number of alkyl halides is 1. The van der Waals surface area contributed by atoms with Crippen LogP contribution in [0.4, 0.5) is 0 Å². The van der Waals surface area contributed by atoms with E-state index in [1.807, 2.05) is 18.2 Å². The van der Waals surface area contributed by atoms with Gasteiger partial charge in [0.25, 0.3) is 0 Å². The summed E-state index contributed by atoms with van der Waals surface area (Å²) in [4.78, 5) is 8.58. The van der Waals surface area contributed by atoms with Gasteiger partial charge in [0.2, 0.25) is 5.88 Å². The highest BCUT2D eigenvalue weighted by Gasteiger charge is 2.09. The molecule has 2 heterocycles. The lowest BCUT2D eigenvalue weighted by Gasteiger charge is -2.08. The van der Waals surface area contributed by atoms with Crippen molar-refractivity contribution in [2.24, 2.45) is 0 Å². The smallest absolute Gasteiger partial charge is 0.216 e. The fourth-order valence-corrected chi connectivity index (χ4v) is 2.24. The van der Waals surface area contributed by atoms with Gasteiger partial charge in [-0.25, -0.2) is 9.97 Å². The number of aromatic nitrogens is 2. The van der Waals surface area contributed by atoms with E-state index >= 15 is 0 Å². The van der Waals surface area contributed by atoms with Crippen LogP contribution < -0.4 is 4.74 Å². The summed E-state index contributed by atoms with van der Waals surface area (Å²) < 4.78 is 10.4. The molecule has 0 aromatic carbocycles. The van der Waals surface area contributed by atoms with Crippen molar-refractivity contribution in [1.82, 2.24) is 9.97 Å². The number of ether oxygens (including phenoxy) is 1. The van der Waals surface area contributed by atoms with E-state index in [0.717, 1.165) is 30.7 Å². The first-order valence-electron chi connectivity index (χ1n) is 5.79. The van der Waals surface area contributed by atoms with Gasteiger partial charge in [0.1, 0.15) is 12.1 Å². The SMILES string of the molecule is COc1cc(CC(Br)CCc2ccco2)ncn1. The second kappa shape index (κ2) is 6.54. The summed E-state index contributed by atoms with van der Waals surface area (Å²) in [5.74, 6) is 1.62. The largest absolute Gasteiger partial charge is 0.481 e. The molecule has 0 saturated heterocycles. The lowest BCUT2D eigenvalue weighted by Crippen LogP contribution is -2.06. The lowest BCUT2D eigenvalue weighted by molar-refractivity contribution is 0.395. The van der Waals surface area contributed by atoms with Gasteiger partial charge in [-0.05, 0) is 18.6 Å². The first-order chi connectivity index (χ1) is 8.78. The summed E-state index contributed by atoms with van der Waals surface area (Å²) in [5, 5.41) is 0. The van der Waals surface area contributed by atoms with Crippen LogP contribution in [-0.4, -0.2) is 21.9 Å². The van der Waals surface area contributed by atoms with Crippen molar-refractivity contribution in [3.8, 4) is 5.88 Å². The molecule has 0 amide bonds. The molecule has 5 heteroatoms. The maximum Gasteiger partial charge on any atom is 0.216 e. The average Bonchev–Trinajstić information content (AvgIpc) is 2.90. The van der Waals surface area contributed by atoms with Crippen LogP contribution in [0.25, 0.3) is 0 Å². The minimum atomic E-state index is 0.363. The monoisotopic (exact) mass is 310 g/mol. The predicted octanol–water partition coefficient (Wildman–Crippen LogP) is 3.02. The maximum atomic E-state index is 5.30. The zero-order valence-electron chi connectivity index (χ0n) is 10.2. The zero-order chi connectivity index (χ0) is 12.8. The Kier molecular flexibility index (Phi) is 4.75. The van der Waals surface area contributed by atoms with Crippen LogP contribution in [0.5, 0.6) is 5.88 Å². The molecule has 0 radical (unpaired) electrons. The number of nitrogens with zero attached hydrogens (tertiary/aromatic N) is 2. The van der Waals surface area contributed by atoms with E-state index in [-0.39, 0.29) is 0 Å². The Hall–Kier alpha value is -1.36. The summed E-state index contributed by atoms with van der Waals surface area (Å²) in [6.07, 6.45) is 6.00. The molecule has 4 nitrogen and oxygen atoms in total. The molecule has 0 spiro atoms. The Bertz CT molecular complexity index is 474. The normalized spacial score (nSPS) is 12.3. The van der Waals surface area contributed by atoms with Gasteiger partial charge >= 0.3 is 0 Å². The van der Waals surface area contributed by atoms with E-state index in [4.69, 9.17) is 9.15 Å². The van der Waals surface area contributed by atoms with E-state index in [1.165, 1.54) is 6.33 Å². The number of halogens is 1. The van der Waals surface area contributed by atoms with Gasteiger partial charge in [-0.15, -0.1) is 0 Å². The van der Waals surface area contributed by atoms with Gasteiger partial charge in [0.05, 0.1) is 13.4 Å². The highest BCUT2D eigenvalue weighted by Crippen LogP contribution is 2.17. The van der Waals surface area contributed by atoms with Crippen molar-refractivity contribution in [2.75, 3.05) is 7.11 Å². The van der Waals surface area contributed by atoms with Gasteiger partial charge in [-0.1, -0.05) is 15.9 Å². The van der Waals surface area contributed by atoms with E-state index in [1.54, 1.807) is 13.4 Å². The topological polar surface area (TPSA) is 48.2 Å². The molecule has 0 aliphatic rings. The molecule has 0 aliphatic carbocycles. The maximum absolute atomic E-state index is 5.30. The summed E-state index contributed by atoms with van der Waals surface area (Å²) in [6.45, 7) is 0. The van der Waals surface area contributed by atoms with Crippen LogP contribution in [0.2, 0.25) is 0 Å². The molecule has 1 atom stereocenters. The molecule has 0 bridgehead atoms. The minimum absolute atomic E-state index is 0.363. The van der Waals surface area contributed by atoms with Crippen molar-refractivity contribution >= 4 is 15.9 Å². The fraction of sp³-hybridized carbons (Fsp3) is 0.385. The molecule has 0 N–H and O–H groups in total. The van der Waals surface area contributed by atoms with Crippen LogP contribution in [0.3, 0.4) is 0 Å². The standard InChI is InChI=1S/C13H15BrN2O2/c1-17-13-8-11(15-9-16-13)7-10(14)4-5-12-3-2-6-18-12/h2-3,6,8-10H,4-5,7H2,1H3. The van der Waals surface area contributed by atoms with E-state index < -0.39 is 0 Å². The first kappa shape index (κ1) is 13.1. The Morgan fingerprint density at radius 3 is 3.06 bits per heavy atom. The molecule has 1 unspecified atom stereocenters. The molecule has 2 aromatic rings. The molecule has 0 fully saturated rings. The molecule has 2 rings (SSSR count). The van der Waals surface area contributed by atoms with Crippen molar-refractivity contribution in [3.63, 3.8) is 0 Å². The van der Waals surface area contributed by atoms with Crippen LogP contribution in [-0.2, 0) is 12.8 Å². The number of methoxy groups -OCH3 is 1. The second-order valence-corrected chi connectivity index (χ2v) is 5.27. The molecular formula is C13H15BrN2O2. The second-order valence-electron chi connectivity index (χ2n) is 3.97. The van der Waals surface area contributed by atoms with E-state index in [0.29, 0.717) is 10.7 Å². The number of hydrogen-bond acceptors (Lipinski definition) is 4. The Balaban J connectivity index is 1.84. The Labute approximate surface area is 115 Å². The molecule has 0 aliphatic heterocycles. The van der Waals surface area contributed by atoms with Crippen LogP contribution >= 0.6 is 15.9 Å². The van der Waals surface area contributed by atoms with Crippen LogP contribution in [0.15, 0.2) is 35.2 Å². The van der Waals surface area contributed by atoms with Crippen molar-refractivity contribution in [3.05, 3.63) is 42.2 Å². The van der Waals surface area contributed by atoms with Crippen LogP contribution in [0.1, 0.15) is 17.9 Å². The van der Waals surface area contributed by atoms with Gasteiger partial charge in [0, 0.05) is 29.4 Å². The average molecular weight is 311 g/mol. The number of furan rings is 1. The van der Waals surface area contributed by atoms with Gasteiger partial charge in [-0.2, -0.15) is 0 Å². The van der Waals surface area contributed by atoms with E-state index in [2.05, 4.69) is 25.9 Å². The third-order valence-electron chi connectivity index (χ3n) is 2.62. The van der Waals surface area contributed by atoms with Gasteiger partial charge in [0.15, 0.2) is 0 Å². The van der Waals surface area contributed by atoms with Gasteiger partial charge < -0.3 is 9.15 Å². The van der Waals surface area contributed by atoms with Crippen LogP contribution in [0, 0.1) is 0 Å². The van der Waals surface area contributed by atoms with Crippen molar-refractivity contribution in [1.29, 1.82) is 0 Å². The van der Waals surface area contributed by atoms with E-state index in [9.17, 15) is 0 Å². The fourth-order valence-electron chi connectivity index (χ4n) is 1.68. The lowest BCUT2D eigenvalue weighted by atomic mass is 10.1. The molecule has 18 heavy (non-hydrogen) atoms. The molecule has 0 saturated carbocycles. The Morgan fingerprint density at radius 2 is 2.33 bits per heavy atom. The quantitative estimate of drug-likeness (QED) is 0.770. The van der Waals surface area contributed by atoms with Gasteiger partial charge in [-0.3, -0.25) is 0 Å². The number of aryl methyl sites for hydroxylation is 1.